The van der Waals surface area contributed by atoms with Gasteiger partial charge in [-0.15, -0.1) is 0 Å². The molecular weight excluding hydrogens is 230 g/mol. The molecule has 0 aromatic heterocycles. The van der Waals surface area contributed by atoms with E-state index in [1.165, 1.54) is 22.3 Å². The molecule has 2 aromatic carbocycles. The van der Waals surface area contributed by atoms with E-state index in [9.17, 15) is 0 Å². The van der Waals surface area contributed by atoms with E-state index < -0.39 is 0 Å². The molecule has 0 amide bonds. The van der Waals surface area contributed by atoms with Gasteiger partial charge in [0.25, 0.3) is 0 Å². The first-order valence-electron chi connectivity index (χ1n) is 7.00. The first-order valence-corrected chi connectivity index (χ1v) is 7.00. The smallest absolute Gasteiger partial charge is 0.0421 e. The minimum absolute atomic E-state index is 0.126. The highest BCUT2D eigenvalue weighted by Crippen LogP contribution is 2.49. The van der Waals surface area contributed by atoms with Crippen molar-refractivity contribution in [3.05, 3.63) is 70.8 Å². The lowest BCUT2D eigenvalue weighted by molar-refractivity contribution is 0.209. The van der Waals surface area contributed by atoms with Crippen LogP contribution in [-0.2, 0) is 5.54 Å². The molecule has 0 radical (unpaired) electrons. The molecule has 0 unspecified atom stereocenters. The van der Waals surface area contributed by atoms with Crippen LogP contribution in [0.2, 0.25) is 0 Å². The summed E-state index contributed by atoms with van der Waals surface area (Å²) in [7, 11) is 0. The van der Waals surface area contributed by atoms with Gasteiger partial charge in [-0.2, -0.15) is 0 Å². The number of rotatable bonds is 2. The zero-order valence-electron chi connectivity index (χ0n) is 11.7. The van der Waals surface area contributed by atoms with Crippen molar-refractivity contribution >= 4 is 0 Å². The number of benzene rings is 2. The number of aryl methyl sites for hydroxylation is 2. The predicted molar refractivity (Wildman–Crippen MR) is 80.2 cm³/mol. The summed E-state index contributed by atoms with van der Waals surface area (Å²) >= 11 is 0. The molecule has 0 heterocycles. The molecule has 0 spiro atoms. The molecule has 1 heteroatoms. The van der Waals surface area contributed by atoms with Gasteiger partial charge in [-0.25, -0.2) is 0 Å². The highest BCUT2D eigenvalue weighted by atomic mass is 14.8. The van der Waals surface area contributed by atoms with Gasteiger partial charge >= 0.3 is 0 Å². The Morgan fingerprint density at radius 3 is 2.26 bits per heavy atom. The monoisotopic (exact) mass is 251 g/mol. The molecule has 1 aliphatic carbocycles. The molecule has 2 aromatic rings. The lowest BCUT2D eigenvalue weighted by atomic mass is 9.63. The van der Waals surface area contributed by atoms with Crippen LogP contribution in [-0.4, -0.2) is 0 Å². The normalized spacial score (nSPS) is 25.9. The Balaban J connectivity index is 1.79. The molecule has 0 saturated heterocycles. The maximum absolute atomic E-state index is 6.57. The molecule has 0 atom stereocenters. The fraction of sp³-hybridized carbons (Fsp3) is 0.333. The third-order valence-corrected chi connectivity index (χ3v) is 4.57. The number of hydrogen-bond donors (Lipinski definition) is 1. The van der Waals surface area contributed by atoms with Crippen molar-refractivity contribution < 1.29 is 0 Å². The van der Waals surface area contributed by atoms with Gasteiger partial charge in [-0.05, 0) is 54.9 Å². The van der Waals surface area contributed by atoms with E-state index in [0.717, 1.165) is 12.8 Å². The van der Waals surface area contributed by atoms with Gasteiger partial charge in [0, 0.05) is 5.54 Å². The van der Waals surface area contributed by atoms with Gasteiger partial charge in [-0.3, -0.25) is 0 Å². The van der Waals surface area contributed by atoms with Crippen molar-refractivity contribution in [3.8, 4) is 0 Å². The standard InChI is InChI=1S/C18H21N/c1-13-8-9-17(10-14(13)2)18(19)11-16(12-18)15-6-4-3-5-7-15/h3-10,16H,11-12,19H2,1-2H3. The topological polar surface area (TPSA) is 26.0 Å². The molecule has 1 aliphatic rings. The summed E-state index contributed by atoms with van der Waals surface area (Å²) in [5.74, 6) is 0.618. The zero-order chi connectivity index (χ0) is 13.5. The van der Waals surface area contributed by atoms with Crippen molar-refractivity contribution in [2.24, 2.45) is 5.73 Å². The molecule has 19 heavy (non-hydrogen) atoms. The minimum Gasteiger partial charge on any atom is -0.321 e. The third-order valence-electron chi connectivity index (χ3n) is 4.57. The van der Waals surface area contributed by atoms with Crippen LogP contribution in [0.4, 0.5) is 0 Å². The first-order chi connectivity index (χ1) is 9.08. The van der Waals surface area contributed by atoms with E-state index >= 15 is 0 Å². The second kappa shape index (κ2) is 4.50. The summed E-state index contributed by atoms with van der Waals surface area (Å²) in [5.41, 5.74) is 11.8. The van der Waals surface area contributed by atoms with Crippen LogP contribution >= 0.6 is 0 Å². The molecule has 1 fully saturated rings. The molecule has 0 bridgehead atoms. The van der Waals surface area contributed by atoms with E-state index in [0.29, 0.717) is 5.92 Å². The van der Waals surface area contributed by atoms with Crippen molar-refractivity contribution in [3.63, 3.8) is 0 Å². The summed E-state index contributed by atoms with van der Waals surface area (Å²) in [6.45, 7) is 4.31. The lowest BCUT2D eigenvalue weighted by Crippen LogP contribution is -2.47. The van der Waals surface area contributed by atoms with Gasteiger partial charge in [0.1, 0.15) is 0 Å². The van der Waals surface area contributed by atoms with Gasteiger partial charge in [0.2, 0.25) is 0 Å². The van der Waals surface area contributed by atoms with Crippen LogP contribution in [0.3, 0.4) is 0 Å². The molecule has 0 aliphatic heterocycles. The Labute approximate surface area is 115 Å². The van der Waals surface area contributed by atoms with Crippen LogP contribution < -0.4 is 5.73 Å². The summed E-state index contributed by atoms with van der Waals surface area (Å²) in [4.78, 5) is 0. The predicted octanol–water partition coefficient (Wildman–Crippen LogP) is 4.04. The number of nitrogens with two attached hydrogens (primary N) is 1. The maximum Gasteiger partial charge on any atom is 0.0421 e. The Bertz CT molecular complexity index is 580. The van der Waals surface area contributed by atoms with Crippen LogP contribution in [0.5, 0.6) is 0 Å². The molecule has 2 N–H and O–H groups in total. The van der Waals surface area contributed by atoms with Gasteiger partial charge in [-0.1, -0.05) is 48.5 Å². The molecule has 98 valence electrons. The van der Waals surface area contributed by atoms with Crippen molar-refractivity contribution in [1.82, 2.24) is 0 Å². The van der Waals surface area contributed by atoms with Crippen LogP contribution in [0.1, 0.15) is 41.0 Å². The summed E-state index contributed by atoms with van der Waals surface area (Å²) in [6.07, 6.45) is 2.11. The summed E-state index contributed by atoms with van der Waals surface area (Å²) in [6, 6.07) is 17.4. The molecule has 3 rings (SSSR count). The second-order valence-corrected chi connectivity index (χ2v) is 5.97. The fourth-order valence-corrected chi connectivity index (χ4v) is 3.07. The van der Waals surface area contributed by atoms with E-state index in [1.54, 1.807) is 0 Å². The highest BCUT2D eigenvalue weighted by molar-refractivity contribution is 5.38. The van der Waals surface area contributed by atoms with Crippen molar-refractivity contribution in [2.75, 3.05) is 0 Å². The largest absolute Gasteiger partial charge is 0.321 e. The van der Waals surface area contributed by atoms with Crippen LogP contribution in [0.15, 0.2) is 48.5 Å². The zero-order valence-corrected chi connectivity index (χ0v) is 11.7. The fourth-order valence-electron chi connectivity index (χ4n) is 3.07. The molecule has 1 saturated carbocycles. The summed E-state index contributed by atoms with van der Waals surface area (Å²) in [5, 5.41) is 0. The van der Waals surface area contributed by atoms with Gasteiger partial charge in [0.15, 0.2) is 0 Å². The maximum atomic E-state index is 6.57. The van der Waals surface area contributed by atoms with Crippen molar-refractivity contribution in [1.29, 1.82) is 0 Å². The number of hydrogen-bond acceptors (Lipinski definition) is 1. The van der Waals surface area contributed by atoms with Crippen LogP contribution in [0, 0.1) is 13.8 Å². The quantitative estimate of drug-likeness (QED) is 0.856. The summed E-state index contributed by atoms with van der Waals surface area (Å²) < 4.78 is 0. The average Bonchev–Trinajstić information content (AvgIpc) is 2.39. The van der Waals surface area contributed by atoms with Crippen molar-refractivity contribution in [2.45, 2.75) is 38.1 Å². The second-order valence-electron chi connectivity index (χ2n) is 5.97. The van der Waals surface area contributed by atoms with E-state index in [4.69, 9.17) is 5.73 Å². The first kappa shape index (κ1) is 12.4. The Morgan fingerprint density at radius 1 is 0.947 bits per heavy atom. The lowest BCUT2D eigenvalue weighted by Gasteiger charge is -2.46. The highest BCUT2D eigenvalue weighted by Gasteiger charge is 2.42. The van der Waals surface area contributed by atoms with Gasteiger partial charge < -0.3 is 5.73 Å². The van der Waals surface area contributed by atoms with Crippen LogP contribution in [0.25, 0.3) is 0 Å². The van der Waals surface area contributed by atoms with E-state index in [1.807, 2.05) is 0 Å². The van der Waals surface area contributed by atoms with Gasteiger partial charge in [0.05, 0.1) is 0 Å². The minimum atomic E-state index is -0.126. The van der Waals surface area contributed by atoms with E-state index in [-0.39, 0.29) is 5.54 Å². The third kappa shape index (κ3) is 2.19. The Hall–Kier alpha value is -1.60. The Kier molecular flexibility index (Phi) is 2.94. The molecular formula is C18H21N. The van der Waals surface area contributed by atoms with E-state index in [2.05, 4.69) is 62.4 Å². The SMILES string of the molecule is Cc1ccc(C2(N)CC(c3ccccc3)C2)cc1C. The molecule has 1 nitrogen and oxygen atoms in total. The average molecular weight is 251 g/mol. The Morgan fingerprint density at radius 2 is 1.63 bits per heavy atom.